The zero-order valence-corrected chi connectivity index (χ0v) is 18.4. The van der Waals surface area contributed by atoms with Crippen molar-refractivity contribution in [1.82, 2.24) is 15.0 Å². The molecule has 0 spiro atoms. The SMILES string of the molecule is O=C(Nc1cc(C(=O)O)c2ncnc(NCc3ccc(Cl)c(C(F)(F)F)c3)c2c1)c1ccncc1. The second kappa shape index (κ2) is 9.55. The molecule has 0 fully saturated rings. The molecule has 3 N–H and O–H groups in total. The van der Waals surface area contributed by atoms with E-state index in [0.717, 1.165) is 18.5 Å². The van der Waals surface area contributed by atoms with Crippen LogP contribution in [0.25, 0.3) is 10.9 Å². The first-order valence-corrected chi connectivity index (χ1v) is 10.3. The number of carboxylic acids is 1. The molecule has 1 amide bonds. The number of nitrogens with zero attached hydrogens (tertiary/aromatic N) is 3. The summed E-state index contributed by atoms with van der Waals surface area (Å²) in [6.07, 6.45) is -0.605. The number of carbonyl (C=O) groups excluding carboxylic acids is 1. The Balaban J connectivity index is 1.68. The Morgan fingerprint density at radius 2 is 1.77 bits per heavy atom. The molecule has 178 valence electrons. The number of carboxylic acid groups (broad SMARTS) is 1. The highest BCUT2D eigenvalue weighted by molar-refractivity contribution is 6.31. The van der Waals surface area contributed by atoms with Crippen LogP contribution >= 0.6 is 11.6 Å². The Morgan fingerprint density at radius 3 is 2.46 bits per heavy atom. The average molecular weight is 502 g/mol. The van der Waals surface area contributed by atoms with Crippen LogP contribution in [0, 0.1) is 0 Å². The van der Waals surface area contributed by atoms with Gasteiger partial charge in [0.15, 0.2) is 0 Å². The van der Waals surface area contributed by atoms with Crippen molar-refractivity contribution >= 4 is 45.9 Å². The first kappa shape index (κ1) is 23.9. The summed E-state index contributed by atoms with van der Waals surface area (Å²) in [4.78, 5) is 36.4. The largest absolute Gasteiger partial charge is 0.478 e. The van der Waals surface area contributed by atoms with E-state index < -0.39 is 28.6 Å². The van der Waals surface area contributed by atoms with Crippen molar-refractivity contribution < 1.29 is 27.9 Å². The molecule has 4 rings (SSSR count). The molecule has 0 aliphatic rings. The molecule has 0 bridgehead atoms. The monoisotopic (exact) mass is 501 g/mol. The van der Waals surface area contributed by atoms with Crippen molar-refractivity contribution in [1.29, 1.82) is 0 Å². The van der Waals surface area contributed by atoms with Crippen molar-refractivity contribution in [3.63, 3.8) is 0 Å². The topological polar surface area (TPSA) is 117 Å². The minimum atomic E-state index is -4.62. The number of halogens is 4. The van der Waals surface area contributed by atoms with Crippen LogP contribution in [0.3, 0.4) is 0 Å². The van der Waals surface area contributed by atoms with Gasteiger partial charge in [0.1, 0.15) is 12.1 Å². The predicted octanol–water partition coefficient (Wildman–Crippen LogP) is 5.26. The van der Waals surface area contributed by atoms with Gasteiger partial charge in [0.25, 0.3) is 5.91 Å². The van der Waals surface area contributed by atoms with Gasteiger partial charge in [-0.3, -0.25) is 9.78 Å². The molecular formula is C23H15ClF3N5O3. The molecule has 0 radical (unpaired) electrons. The van der Waals surface area contributed by atoms with Gasteiger partial charge in [0.2, 0.25) is 0 Å². The van der Waals surface area contributed by atoms with Gasteiger partial charge in [-0.25, -0.2) is 14.8 Å². The Morgan fingerprint density at radius 1 is 1.03 bits per heavy atom. The van der Waals surface area contributed by atoms with E-state index in [9.17, 15) is 27.9 Å². The highest BCUT2D eigenvalue weighted by Crippen LogP contribution is 2.35. The van der Waals surface area contributed by atoms with Crippen LogP contribution in [-0.2, 0) is 12.7 Å². The second-order valence-corrected chi connectivity index (χ2v) is 7.71. The predicted molar refractivity (Wildman–Crippen MR) is 122 cm³/mol. The van der Waals surface area contributed by atoms with Crippen LogP contribution in [0.2, 0.25) is 5.02 Å². The third-order valence-corrected chi connectivity index (χ3v) is 5.30. The molecular weight excluding hydrogens is 487 g/mol. The summed E-state index contributed by atoms with van der Waals surface area (Å²) < 4.78 is 39.5. The summed E-state index contributed by atoms with van der Waals surface area (Å²) in [6.45, 7) is -0.0671. The van der Waals surface area contributed by atoms with Crippen LogP contribution in [0.1, 0.15) is 31.8 Å². The molecule has 0 saturated carbocycles. The molecule has 0 saturated heterocycles. The van der Waals surface area contributed by atoms with Crippen molar-refractivity contribution in [2.75, 3.05) is 10.6 Å². The Kier molecular flexibility index (Phi) is 6.52. The fraction of sp³-hybridized carbons (Fsp3) is 0.0870. The normalized spacial score (nSPS) is 11.3. The maximum Gasteiger partial charge on any atom is 0.417 e. The molecule has 4 aromatic rings. The number of pyridine rings is 1. The summed E-state index contributed by atoms with van der Waals surface area (Å²) in [6, 6.07) is 9.22. The fourth-order valence-corrected chi connectivity index (χ4v) is 3.56. The number of anilines is 2. The van der Waals surface area contributed by atoms with E-state index >= 15 is 0 Å². The molecule has 0 aliphatic heterocycles. The van der Waals surface area contributed by atoms with Crippen LogP contribution in [0.4, 0.5) is 24.7 Å². The minimum Gasteiger partial charge on any atom is -0.478 e. The van der Waals surface area contributed by atoms with E-state index in [-0.39, 0.29) is 40.1 Å². The molecule has 0 aliphatic carbocycles. The standard InChI is InChI=1S/C23H15ClF3N5O3/c24-18-2-1-12(7-17(18)23(25,26)27)10-29-20-15-8-14(32-21(33)13-3-5-28-6-4-13)9-16(22(34)35)19(15)30-11-31-20/h1-9,11H,10H2,(H,32,33)(H,34,35)(H,29,30,31). The molecule has 2 aromatic carbocycles. The molecule has 8 nitrogen and oxygen atoms in total. The Bertz CT molecular complexity index is 1430. The number of aromatic carboxylic acids is 1. The molecule has 0 atom stereocenters. The third kappa shape index (κ3) is 5.30. The lowest BCUT2D eigenvalue weighted by molar-refractivity contribution is -0.137. The lowest BCUT2D eigenvalue weighted by Gasteiger charge is -2.14. The van der Waals surface area contributed by atoms with Gasteiger partial charge >= 0.3 is 12.1 Å². The maximum absolute atomic E-state index is 13.2. The van der Waals surface area contributed by atoms with Crippen LogP contribution in [0.15, 0.2) is 61.2 Å². The van der Waals surface area contributed by atoms with E-state index in [1.54, 1.807) is 0 Å². The van der Waals surface area contributed by atoms with Gasteiger partial charge in [-0.2, -0.15) is 13.2 Å². The number of nitrogens with one attached hydrogen (secondary N) is 2. The number of hydrogen-bond donors (Lipinski definition) is 3. The number of rotatable bonds is 6. The fourth-order valence-electron chi connectivity index (χ4n) is 3.34. The highest BCUT2D eigenvalue weighted by atomic mass is 35.5. The lowest BCUT2D eigenvalue weighted by atomic mass is 10.1. The van der Waals surface area contributed by atoms with Gasteiger partial charge < -0.3 is 15.7 Å². The van der Waals surface area contributed by atoms with Gasteiger partial charge in [-0.1, -0.05) is 17.7 Å². The smallest absolute Gasteiger partial charge is 0.417 e. The quantitative estimate of drug-likeness (QED) is 0.330. The summed E-state index contributed by atoms with van der Waals surface area (Å²) >= 11 is 5.67. The molecule has 2 heterocycles. The van der Waals surface area contributed by atoms with Crippen LogP contribution in [-0.4, -0.2) is 31.9 Å². The number of amides is 1. The third-order valence-electron chi connectivity index (χ3n) is 4.97. The van der Waals surface area contributed by atoms with Gasteiger partial charge in [0, 0.05) is 35.6 Å². The van der Waals surface area contributed by atoms with Gasteiger partial charge in [0.05, 0.1) is 21.7 Å². The second-order valence-electron chi connectivity index (χ2n) is 7.30. The number of fused-ring (bicyclic) bond motifs is 1. The molecule has 35 heavy (non-hydrogen) atoms. The number of carbonyl (C=O) groups is 2. The number of alkyl halides is 3. The first-order valence-electron chi connectivity index (χ1n) is 9.96. The molecule has 12 heteroatoms. The van der Waals surface area contributed by atoms with E-state index in [4.69, 9.17) is 11.6 Å². The van der Waals surface area contributed by atoms with Crippen molar-refractivity contribution in [3.05, 3.63) is 88.5 Å². The van der Waals surface area contributed by atoms with E-state index in [0.29, 0.717) is 5.56 Å². The van der Waals surface area contributed by atoms with Crippen LogP contribution < -0.4 is 10.6 Å². The summed E-state index contributed by atoms with van der Waals surface area (Å²) in [7, 11) is 0. The van der Waals surface area contributed by atoms with E-state index in [1.807, 2.05) is 0 Å². The average Bonchev–Trinajstić information content (AvgIpc) is 2.82. The van der Waals surface area contributed by atoms with Gasteiger partial charge in [-0.05, 0) is 42.0 Å². The Hall–Kier alpha value is -4.25. The number of benzene rings is 2. The minimum absolute atomic E-state index is 0.0671. The molecule has 2 aromatic heterocycles. The van der Waals surface area contributed by atoms with Crippen molar-refractivity contribution in [2.45, 2.75) is 12.7 Å². The highest BCUT2D eigenvalue weighted by Gasteiger charge is 2.33. The first-order chi connectivity index (χ1) is 16.6. The lowest BCUT2D eigenvalue weighted by Crippen LogP contribution is -2.13. The van der Waals surface area contributed by atoms with E-state index in [2.05, 4.69) is 25.6 Å². The van der Waals surface area contributed by atoms with E-state index in [1.165, 1.54) is 42.7 Å². The zero-order valence-electron chi connectivity index (χ0n) is 17.6. The number of aromatic nitrogens is 3. The maximum atomic E-state index is 13.2. The Labute approximate surface area is 200 Å². The van der Waals surface area contributed by atoms with Crippen LogP contribution in [0.5, 0.6) is 0 Å². The van der Waals surface area contributed by atoms with Crippen molar-refractivity contribution in [3.8, 4) is 0 Å². The summed E-state index contributed by atoms with van der Waals surface area (Å²) in [5.41, 5.74) is -0.328. The summed E-state index contributed by atoms with van der Waals surface area (Å²) in [5, 5.41) is 15.0. The molecule has 0 unspecified atom stereocenters. The summed E-state index contributed by atoms with van der Waals surface area (Å²) in [5.74, 6) is -1.61. The zero-order chi connectivity index (χ0) is 25.2. The van der Waals surface area contributed by atoms with Crippen molar-refractivity contribution in [2.24, 2.45) is 0 Å². The number of hydrogen-bond acceptors (Lipinski definition) is 6. The van der Waals surface area contributed by atoms with Gasteiger partial charge in [-0.15, -0.1) is 0 Å².